The van der Waals surface area contributed by atoms with Crippen molar-refractivity contribution in [3.8, 4) is 0 Å². The zero-order chi connectivity index (χ0) is 18.7. The van der Waals surface area contributed by atoms with Crippen LogP contribution in [-0.4, -0.2) is 18.6 Å². The number of nitrogens with zero attached hydrogens (tertiary/aromatic N) is 2. The van der Waals surface area contributed by atoms with Crippen LogP contribution in [0.1, 0.15) is 0 Å². The molecule has 0 unspecified atom stereocenters. The Morgan fingerprint density at radius 1 is 0.923 bits per heavy atom. The van der Waals surface area contributed by atoms with E-state index in [0.29, 0.717) is 0 Å². The minimum atomic E-state index is -3.88. The minimum absolute atomic E-state index is 0.00737. The lowest BCUT2D eigenvalue weighted by Gasteiger charge is -2.09. The molecule has 0 aliphatic rings. The monoisotopic (exact) mass is 396 g/mol. The second-order valence-electron chi connectivity index (χ2n) is 5.12. The van der Waals surface area contributed by atoms with Crippen LogP contribution in [0.3, 0.4) is 0 Å². The van der Waals surface area contributed by atoms with Crippen molar-refractivity contribution in [3.05, 3.63) is 71.3 Å². The highest BCUT2D eigenvalue weighted by Crippen LogP contribution is 2.21. The van der Waals surface area contributed by atoms with Gasteiger partial charge < -0.3 is 5.32 Å². The average Bonchev–Trinajstić information content (AvgIpc) is 2.59. The van der Waals surface area contributed by atoms with E-state index < -0.39 is 21.7 Å². The van der Waals surface area contributed by atoms with E-state index in [0.717, 1.165) is 12.1 Å². The second kappa shape index (κ2) is 7.22. The molecule has 0 saturated heterocycles. The van der Waals surface area contributed by atoms with Gasteiger partial charge in [0.25, 0.3) is 10.0 Å². The quantitative estimate of drug-likeness (QED) is 0.682. The van der Waals surface area contributed by atoms with E-state index in [1.807, 2.05) is 0 Å². The first-order valence-electron chi connectivity index (χ1n) is 7.18. The number of rotatable bonds is 5. The van der Waals surface area contributed by atoms with Gasteiger partial charge >= 0.3 is 0 Å². The first-order chi connectivity index (χ1) is 12.3. The summed E-state index contributed by atoms with van der Waals surface area (Å²) in [6, 6.07) is 11.5. The minimum Gasteiger partial charge on any atom is -0.336 e. The molecule has 0 saturated carbocycles. The second-order valence-corrected chi connectivity index (χ2v) is 7.23. The fourth-order valence-electron chi connectivity index (χ4n) is 2.01. The molecule has 0 spiro atoms. The maximum absolute atomic E-state index is 13.6. The van der Waals surface area contributed by atoms with Crippen LogP contribution in [0.15, 0.2) is 59.5 Å². The van der Waals surface area contributed by atoms with Gasteiger partial charge in [-0.3, -0.25) is 4.72 Å². The zero-order valence-electron chi connectivity index (χ0n) is 12.9. The van der Waals surface area contributed by atoms with Gasteiger partial charge in [-0.1, -0.05) is 17.7 Å². The molecule has 3 rings (SSSR count). The standard InChI is InChI=1S/C16H11ClF2N4O2S/c17-10-2-1-3-12(8-10)26(24,25)23-16-7-6-15(21-22-16)20-14-5-4-11(18)9-13(14)19/h1-9H,(H,20,21)(H,22,23). The first-order valence-corrected chi connectivity index (χ1v) is 9.04. The van der Waals surface area contributed by atoms with E-state index in [2.05, 4.69) is 20.2 Å². The van der Waals surface area contributed by atoms with Crippen LogP contribution in [0.2, 0.25) is 5.02 Å². The predicted octanol–water partition coefficient (Wildman–Crippen LogP) is 3.95. The Morgan fingerprint density at radius 2 is 1.65 bits per heavy atom. The number of sulfonamides is 1. The van der Waals surface area contributed by atoms with Crippen LogP contribution in [0.5, 0.6) is 0 Å². The third-order valence-corrected chi connectivity index (χ3v) is 4.79. The SMILES string of the molecule is O=S(=O)(Nc1ccc(Nc2ccc(F)cc2F)nn1)c1cccc(Cl)c1. The summed E-state index contributed by atoms with van der Waals surface area (Å²) in [6.07, 6.45) is 0. The largest absolute Gasteiger partial charge is 0.336 e. The Morgan fingerprint density at radius 3 is 2.31 bits per heavy atom. The van der Waals surface area contributed by atoms with Crippen LogP contribution >= 0.6 is 11.6 Å². The van der Waals surface area contributed by atoms with Crippen molar-refractivity contribution in [2.24, 2.45) is 0 Å². The Labute approximate surface area is 152 Å². The highest BCUT2D eigenvalue weighted by atomic mass is 35.5. The molecule has 0 amide bonds. The number of anilines is 3. The summed E-state index contributed by atoms with van der Waals surface area (Å²) >= 11 is 5.79. The molecule has 6 nitrogen and oxygen atoms in total. The molecular weight excluding hydrogens is 386 g/mol. The Bertz CT molecular complexity index is 1050. The van der Waals surface area contributed by atoms with E-state index in [-0.39, 0.29) is 27.2 Å². The first kappa shape index (κ1) is 18.0. The van der Waals surface area contributed by atoms with Gasteiger partial charge in [-0.2, -0.15) is 0 Å². The van der Waals surface area contributed by atoms with Crippen LogP contribution < -0.4 is 10.0 Å². The number of aromatic nitrogens is 2. The molecule has 26 heavy (non-hydrogen) atoms. The molecule has 2 aromatic carbocycles. The molecule has 0 aliphatic heterocycles. The molecule has 0 radical (unpaired) electrons. The van der Waals surface area contributed by atoms with Crippen molar-refractivity contribution >= 4 is 38.9 Å². The molecule has 0 atom stereocenters. The number of hydrogen-bond donors (Lipinski definition) is 2. The third kappa shape index (κ3) is 4.24. The molecule has 3 aromatic rings. The maximum Gasteiger partial charge on any atom is 0.263 e. The van der Waals surface area contributed by atoms with Gasteiger partial charge in [0.05, 0.1) is 10.6 Å². The molecule has 134 valence electrons. The number of halogens is 3. The Balaban J connectivity index is 1.75. The number of nitrogens with one attached hydrogen (secondary N) is 2. The van der Waals surface area contributed by atoms with Crippen molar-refractivity contribution in [2.45, 2.75) is 4.90 Å². The molecule has 10 heteroatoms. The predicted molar refractivity (Wildman–Crippen MR) is 93.9 cm³/mol. The number of benzene rings is 2. The van der Waals surface area contributed by atoms with Crippen LogP contribution in [-0.2, 0) is 10.0 Å². The van der Waals surface area contributed by atoms with Gasteiger partial charge in [-0.05, 0) is 42.5 Å². The van der Waals surface area contributed by atoms with Crippen molar-refractivity contribution in [1.82, 2.24) is 10.2 Å². The van der Waals surface area contributed by atoms with Crippen LogP contribution in [0.25, 0.3) is 0 Å². The van der Waals surface area contributed by atoms with Crippen LogP contribution in [0, 0.1) is 11.6 Å². The molecular formula is C16H11ClF2N4O2S. The normalized spacial score (nSPS) is 11.2. The lowest BCUT2D eigenvalue weighted by molar-refractivity contribution is 0.586. The smallest absolute Gasteiger partial charge is 0.263 e. The van der Waals surface area contributed by atoms with Crippen molar-refractivity contribution < 1.29 is 17.2 Å². The van der Waals surface area contributed by atoms with Gasteiger partial charge in [-0.15, -0.1) is 10.2 Å². The highest BCUT2D eigenvalue weighted by Gasteiger charge is 2.15. The van der Waals surface area contributed by atoms with Crippen molar-refractivity contribution in [3.63, 3.8) is 0 Å². The lowest BCUT2D eigenvalue weighted by Crippen LogP contribution is -2.14. The molecule has 1 aromatic heterocycles. The third-order valence-electron chi connectivity index (χ3n) is 3.20. The fourth-order valence-corrected chi connectivity index (χ4v) is 3.31. The van der Waals surface area contributed by atoms with E-state index in [1.165, 1.54) is 36.4 Å². The zero-order valence-corrected chi connectivity index (χ0v) is 14.5. The lowest BCUT2D eigenvalue weighted by atomic mass is 10.3. The Kier molecular flexibility index (Phi) is 5.01. The topological polar surface area (TPSA) is 84.0 Å². The van der Waals surface area contributed by atoms with Crippen molar-refractivity contribution in [2.75, 3.05) is 10.0 Å². The van der Waals surface area contributed by atoms with Gasteiger partial charge in [0.1, 0.15) is 11.6 Å². The van der Waals surface area contributed by atoms with Gasteiger partial charge in [0.2, 0.25) is 0 Å². The summed E-state index contributed by atoms with van der Waals surface area (Å²) in [7, 11) is -3.88. The molecule has 2 N–H and O–H groups in total. The average molecular weight is 397 g/mol. The summed E-state index contributed by atoms with van der Waals surface area (Å²) < 4.78 is 53.3. The van der Waals surface area contributed by atoms with Gasteiger partial charge in [-0.25, -0.2) is 17.2 Å². The van der Waals surface area contributed by atoms with E-state index in [1.54, 1.807) is 6.07 Å². The summed E-state index contributed by atoms with van der Waals surface area (Å²) in [5.41, 5.74) is 0.00737. The molecule has 1 heterocycles. The van der Waals surface area contributed by atoms with E-state index >= 15 is 0 Å². The van der Waals surface area contributed by atoms with Crippen molar-refractivity contribution in [1.29, 1.82) is 0 Å². The summed E-state index contributed by atoms with van der Waals surface area (Å²) in [5.74, 6) is -1.38. The summed E-state index contributed by atoms with van der Waals surface area (Å²) in [5, 5.41) is 10.4. The highest BCUT2D eigenvalue weighted by molar-refractivity contribution is 7.92. The summed E-state index contributed by atoms with van der Waals surface area (Å²) in [4.78, 5) is -0.0256. The van der Waals surface area contributed by atoms with E-state index in [9.17, 15) is 17.2 Å². The van der Waals surface area contributed by atoms with Gasteiger partial charge in [0.15, 0.2) is 11.6 Å². The fraction of sp³-hybridized carbons (Fsp3) is 0. The number of hydrogen-bond acceptors (Lipinski definition) is 5. The maximum atomic E-state index is 13.6. The molecule has 0 fully saturated rings. The van der Waals surface area contributed by atoms with Gasteiger partial charge in [0, 0.05) is 11.1 Å². The summed E-state index contributed by atoms with van der Waals surface area (Å²) in [6.45, 7) is 0. The Hall–Kier alpha value is -2.78. The molecule has 0 bridgehead atoms. The molecule has 0 aliphatic carbocycles. The van der Waals surface area contributed by atoms with E-state index in [4.69, 9.17) is 11.6 Å². The van der Waals surface area contributed by atoms with Crippen LogP contribution in [0.4, 0.5) is 26.1 Å².